The van der Waals surface area contributed by atoms with Crippen LogP contribution in [0.4, 0.5) is 0 Å². The number of nitrogens with zero attached hydrogens (tertiary/aromatic N) is 4. The summed E-state index contributed by atoms with van der Waals surface area (Å²) in [6.45, 7) is 3.99. The number of likely N-dealkylation sites (tertiary alicyclic amines) is 1. The first kappa shape index (κ1) is 19.0. The van der Waals surface area contributed by atoms with E-state index >= 15 is 0 Å². The van der Waals surface area contributed by atoms with Crippen molar-refractivity contribution in [2.45, 2.75) is 12.8 Å². The molecular formula is C25H24N6O. The largest absolute Gasteiger partial charge is 0.491 e. The summed E-state index contributed by atoms with van der Waals surface area (Å²) in [5.41, 5.74) is 5.62. The van der Waals surface area contributed by atoms with Crippen LogP contribution in [-0.2, 0) is 0 Å². The molecule has 0 radical (unpaired) electrons. The van der Waals surface area contributed by atoms with Gasteiger partial charge in [-0.1, -0.05) is 18.2 Å². The van der Waals surface area contributed by atoms with E-state index in [0.29, 0.717) is 6.61 Å². The molecule has 0 aliphatic carbocycles. The molecule has 1 aromatic carbocycles. The van der Waals surface area contributed by atoms with Gasteiger partial charge in [0, 0.05) is 46.4 Å². The standard InChI is InChI=1S/C25H24N6O/c1-2-6-22-17(5-1)13-23(28-22)24-21-12-19(15-27-25(21)30-29-24)18-11-20(16-26-14-18)32-10-9-31-7-3-4-8-31/h1-2,5-6,11-16,28H,3-4,7-10H2,(H,27,29,30). The minimum absolute atomic E-state index is 0.675. The first-order chi connectivity index (χ1) is 15.8. The molecule has 1 fully saturated rings. The van der Waals surface area contributed by atoms with Crippen molar-refractivity contribution in [3.05, 3.63) is 61.1 Å². The number of hydrogen-bond acceptors (Lipinski definition) is 5. The second-order valence-electron chi connectivity index (χ2n) is 8.27. The van der Waals surface area contributed by atoms with Gasteiger partial charge in [0.2, 0.25) is 0 Å². The molecule has 1 saturated heterocycles. The van der Waals surface area contributed by atoms with Gasteiger partial charge in [0.25, 0.3) is 0 Å². The Balaban J connectivity index is 1.28. The number of aromatic amines is 2. The molecule has 0 amide bonds. The van der Waals surface area contributed by atoms with Crippen LogP contribution in [0.2, 0.25) is 0 Å². The maximum absolute atomic E-state index is 5.98. The molecule has 5 aromatic rings. The quantitative estimate of drug-likeness (QED) is 0.415. The highest BCUT2D eigenvalue weighted by Crippen LogP contribution is 2.31. The predicted molar refractivity (Wildman–Crippen MR) is 126 cm³/mol. The highest BCUT2D eigenvalue weighted by atomic mass is 16.5. The number of rotatable bonds is 6. The van der Waals surface area contributed by atoms with E-state index in [9.17, 15) is 0 Å². The van der Waals surface area contributed by atoms with Crippen molar-refractivity contribution in [2.75, 3.05) is 26.2 Å². The first-order valence-corrected chi connectivity index (χ1v) is 11.1. The number of nitrogens with one attached hydrogen (secondary N) is 2. The van der Waals surface area contributed by atoms with Crippen molar-refractivity contribution >= 4 is 21.9 Å². The summed E-state index contributed by atoms with van der Waals surface area (Å²) in [5, 5.41) is 9.70. The average Bonchev–Trinajstić information content (AvgIpc) is 3.58. The van der Waals surface area contributed by atoms with Gasteiger partial charge in [-0.3, -0.25) is 15.0 Å². The molecule has 7 heteroatoms. The first-order valence-electron chi connectivity index (χ1n) is 11.1. The molecule has 160 valence electrons. The molecule has 32 heavy (non-hydrogen) atoms. The van der Waals surface area contributed by atoms with E-state index in [4.69, 9.17) is 4.74 Å². The third-order valence-corrected chi connectivity index (χ3v) is 6.12. The third-order valence-electron chi connectivity index (χ3n) is 6.12. The van der Waals surface area contributed by atoms with Crippen LogP contribution in [0.15, 0.2) is 61.1 Å². The van der Waals surface area contributed by atoms with Crippen LogP contribution in [0.3, 0.4) is 0 Å². The predicted octanol–water partition coefficient (Wildman–Crippen LogP) is 4.64. The number of hydrogen-bond donors (Lipinski definition) is 2. The molecule has 0 spiro atoms. The van der Waals surface area contributed by atoms with Crippen molar-refractivity contribution in [1.82, 2.24) is 30.0 Å². The second kappa shape index (κ2) is 8.09. The fourth-order valence-corrected chi connectivity index (χ4v) is 4.42. The van der Waals surface area contributed by atoms with E-state index in [1.165, 1.54) is 25.9 Å². The molecule has 5 heterocycles. The maximum atomic E-state index is 5.98. The lowest BCUT2D eigenvalue weighted by Crippen LogP contribution is -2.25. The van der Waals surface area contributed by atoms with Crippen LogP contribution in [0, 0.1) is 0 Å². The molecular weight excluding hydrogens is 400 g/mol. The maximum Gasteiger partial charge on any atom is 0.155 e. The fourth-order valence-electron chi connectivity index (χ4n) is 4.42. The number of ether oxygens (including phenoxy) is 1. The van der Waals surface area contributed by atoms with Crippen molar-refractivity contribution < 1.29 is 4.74 Å². The van der Waals surface area contributed by atoms with E-state index in [1.54, 1.807) is 6.20 Å². The average molecular weight is 425 g/mol. The van der Waals surface area contributed by atoms with Gasteiger partial charge in [-0.15, -0.1) is 0 Å². The second-order valence-corrected chi connectivity index (χ2v) is 8.27. The lowest BCUT2D eigenvalue weighted by molar-refractivity contribution is 0.237. The molecule has 1 aliphatic heterocycles. The SMILES string of the molecule is c1ccc2[nH]c(-c3n[nH]c4ncc(-c5cncc(OCCN6CCCC6)c5)cc34)cc2c1. The van der Waals surface area contributed by atoms with Gasteiger partial charge in [0.05, 0.1) is 11.9 Å². The molecule has 7 nitrogen and oxygen atoms in total. The van der Waals surface area contributed by atoms with Gasteiger partial charge in [-0.25, -0.2) is 4.98 Å². The van der Waals surface area contributed by atoms with E-state index in [-0.39, 0.29) is 0 Å². The Kier molecular flexibility index (Phi) is 4.81. The minimum atomic E-state index is 0.675. The highest BCUT2D eigenvalue weighted by molar-refractivity contribution is 5.95. The van der Waals surface area contributed by atoms with E-state index in [1.807, 2.05) is 30.6 Å². The molecule has 2 N–H and O–H groups in total. The summed E-state index contributed by atoms with van der Waals surface area (Å²) < 4.78 is 5.98. The van der Waals surface area contributed by atoms with Gasteiger partial charge in [0.15, 0.2) is 5.65 Å². The van der Waals surface area contributed by atoms with Gasteiger partial charge in [-0.2, -0.15) is 5.10 Å². The Morgan fingerprint density at radius 1 is 0.969 bits per heavy atom. The zero-order valence-electron chi connectivity index (χ0n) is 17.7. The molecule has 6 rings (SSSR count). The smallest absolute Gasteiger partial charge is 0.155 e. The molecule has 0 bridgehead atoms. The van der Waals surface area contributed by atoms with Crippen LogP contribution < -0.4 is 4.74 Å². The summed E-state index contributed by atoms with van der Waals surface area (Å²) >= 11 is 0. The van der Waals surface area contributed by atoms with Crippen molar-refractivity contribution in [2.24, 2.45) is 0 Å². The molecule has 0 saturated carbocycles. The normalized spacial score (nSPS) is 14.5. The molecule has 0 unspecified atom stereocenters. The number of fused-ring (bicyclic) bond motifs is 2. The Morgan fingerprint density at radius 2 is 1.84 bits per heavy atom. The lowest BCUT2D eigenvalue weighted by Gasteiger charge is -2.15. The van der Waals surface area contributed by atoms with Crippen LogP contribution >= 0.6 is 0 Å². The minimum Gasteiger partial charge on any atom is -0.491 e. The Bertz CT molecular complexity index is 1350. The fraction of sp³-hybridized carbons (Fsp3) is 0.240. The summed E-state index contributed by atoms with van der Waals surface area (Å²) in [4.78, 5) is 14.9. The Labute approximate surface area is 185 Å². The van der Waals surface area contributed by atoms with Crippen molar-refractivity contribution in [1.29, 1.82) is 0 Å². The highest BCUT2D eigenvalue weighted by Gasteiger charge is 2.14. The summed E-state index contributed by atoms with van der Waals surface area (Å²) in [5.74, 6) is 0.782. The zero-order chi connectivity index (χ0) is 21.3. The Hall–Kier alpha value is -3.71. The molecule has 0 atom stereocenters. The third kappa shape index (κ3) is 3.61. The number of benzene rings is 1. The van der Waals surface area contributed by atoms with E-state index in [0.717, 1.165) is 56.7 Å². The zero-order valence-corrected chi connectivity index (χ0v) is 17.7. The van der Waals surface area contributed by atoms with Crippen molar-refractivity contribution in [3.8, 4) is 28.3 Å². The number of aromatic nitrogens is 5. The number of pyridine rings is 2. The van der Waals surface area contributed by atoms with Crippen LogP contribution in [0.1, 0.15) is 12.8 Å². The summed E-state index contributed by atoms with van der Waals surface area (Å²) in [7, 11) is 0. The number of para-hydroxylation sites is 1. The van der Waals surface area contributed by atoms with Crippen LogP contribution in [-0.4, -0.2) is 56.3 Å². The molecule has 4 aromatic heterocycles. The lowest BCUT2D eigenvalue weighted by atomic mass is 10.1. The van der Waals surface area contributed by atoms with Crippen molar-refractivity contribution in [3.63, 3.8) is 0 Å². The van der Waals surface area contributed by atoms with E-state index < -0.39 is 0 Å². The number of H-pyrrole nitrogens is 2. The van der Waals surface area contributed by atoms with Crippen LogP contribution in [0.25, 0.3) is 44.5 Å². The molecule has 1 aliphatic rings. The van der Waals surface area contributed by atoms with Gasteiger partial charge >= 0.3 is 0 Å². The topological polar surface area (TPSA) is 82.7 Å². The van der Waals surface area contributed by atoms with Crippen LogP contribution in [0.5, 0.6) is 5.75 Å². The summed E-state index contributed by atoms with van der Waals surface area (Å²) in [6.07, 6.45) is 8.05. The van der Waals surface area contributed by atoms with E-state index in [2.05, 4.69) is 54.3 Å². The van der Waals surface area contributed by atoms with Gasteiger partial charge in [0.1, 0.15) is 18.1 Å². The Morgan fingerprint density at radius 3 is 2.75 bits per heavy atom. The monoisotopic (exact) mass is 424 g/mol. The van der Waals surface area contributed by atoms with Gasteiger partial charge in [-0.05, 0) is 50.2 Å². The van der Waals surface area contributed by atoms with Gasteiger partial charge < -0.3 is 9.72 Å². The summed E-state index contributed by atoms with van der Waals surface area (Å²) in [6, 6.07) is 14.5.